The zero-order valence-corrected chi connectivity index (χ0v) is 17.0. The number of anilines is 1. The predicted molar refractivity (Wildman–Crippen MR) is 108 cm³/mol. The highest BCUT2D eigenvalue weighted by atomic mass is 16.5. The molecule has 2 heterocycles. The number of methoxy groups -OCH3 is 3. The summed E-state index contributed by atoms with van der Waals surface area (Å²) in [4.78, 5) is 25.6. The molecule has 156 valence electrons. The van der Waals surface area contributed by atoms with E-state index in [1.54, 1.807) is 20.3 Å². The number of aromatic amines is 1. The molecule has 8 heteroatoms. The Morgan fingerprint density at radius 3 is 2.34 bits per heavy atom. The summed E-state index contributed by atoms with van der Waals surface area (Å²) in [6.07, 6.45) is 5.62. The number of hydrogen-bond acceptors (Lipinski definition) is 5. The van der Waals surface area contributed by atoms with Gasteiger partial charge in [0.25, 0.3) is 5.56 Å². The average molecular weight is 401 g/mol. The topological polar surface area (TPSA) is 94.6 Å². The van der Waals surface area contributed by atoms with Gasteiger partial charge in [-0.05, 0) is 18.9 Å². The molecule has 0 unspecified atom stereocenters. The minimum Gasteiger partial charge on any atom is -0.493 e. The van der Waals surface area contributed by atoms with Crippen molar-refractivity contribution < 1.29 is 19.0 Å². The summed E-state index contributed by atoms with van der Waals surface area (Å²) in [5.74, 6) is 1.48. The van der Waals surface area contributed by atoms with Gasteiger partial charge in [-0.2, -0.15) is 0 Å². The standard InChI is InChI=1S/C21H27N3O5/c1-27-15-10-9-13(18(28-2)19(15)29-3)14-11-16(25)22-20-17(14)21(26)23-24(20)12-7-5-4-6-8-12/h9-10,12,14H,4-8,11H2,1-3H3,(H,22,25)(H,23,26)/t14-/m1/s1. The third-order valence-corrected chi connectivity index (χ3v) is 6.01. The Balaban J connectivity index is 1.85. The summed E-state index contributed by atoms with van der Waals surface area (Å²) in [5.41, 5.74) is 1.13. The van der Waals surface area contributed by atoms with Crippen LogP contribution in [0.4, 0.5) is 5.82 Å². The first-order chi connectivity index (χ1) is 14.1. The fraction of sp³-hybridized carbons (Fsp3) is 0.524. The first-order valence-electron chi connectivity index (χ1n) is 10.0. The molecule has 1 aromatic heterocycles. The zero-order valence-electron chi connectivity index (χ0n) is 17.0. The van der Waals surface area contributed by atoms with Crippen molar-refractivity contribution in [2.75, 3.05) is 26.6 Å². The largest absolute Gasteiger partial charge is 0.493 e. The summed E-state index contributed by atoms with van der Waals surface area (Å²) in [7, 11) is 4.63. The monoisotopic (exact) mass is 401 g/mol. The van der Waals surface area contributed by atoms with E-state index >= 15 is 0 Å². The number of fused-ring (bicyclic) bond motifs is 1. The lowest BCUT2D eigenvalue weighted by Gasteiger charge is -2.29. The van der Waals surface area contributed by atoms with Crippen molar-refractivity contribution in [2.24, 2.45) is 0 Å². The summed E-state index contributed by atoms with van der Waals surface area (Å²) in [6.45, 7) is 0. The van der Waals surface area contributed by atoms with Gasteiger partial charge in [-0.1, -0.05) is 25.3 Å². The van der Waals surface area contributed by atoms with Gasteiger partial charge in [0.05, 0.1) is 32.9 Å². The molecule has 1 amide bonds. The van der Waals surface area contributed by atoms with E-state index in [-0.39, 0.29) is 23.9 Å². The van der Waals surface area contributed by atoms with Crippen LogP contribution in [0.15, 0.2) is 16.9 Å². The Hall–Kier alpha value is -2.90. The number of ether oxygens (including phenoxy) is 3. The number of benzene rings is 1. The molecule has 0 radical (unpaired) electrons. The van der Waals surface area contributed by atoms with Gasteiger partial charge >= 0.3 is 0 Å². The molecule has 0 saturated heterocycles. The molecule has 2 aliphatic rings. The molecule has 2 N–H and O–H groups in total. The summed E-state index contributed by atoms with van der Waals surface area (Å²) in [6, 6.07) is 3.81. The highest BCUT2D eigenvalue weighted by Gasteiger charge is 2.36. The summed E-state index contributed by atoms with van der Waals surface area (Å²) < 4.78 is 18.3. The second kappa shape index (κ2) is 7.85. The maximum absolute atomic E-state index is 13.0. The fourth-order valence-corrected chi connectivity index (χ4v) is 4.66. The van der Waals surface area contributed by atoms with E-state index in [1.165, 1.54) is 13.5 Å². The molecule has 1 aliphatic heterocycles. The Bertz CT molecular complexity index is 971. The first-order valence-corrected chi connectivity index (χ1v) is 10.0. The maximum atomic E-state index is 13.0. The van der Waals surface area contributed by atoms with Crippen molar-refractivity contribution >= 4 is 11.7 Å². The van der Waals surface area contributed by atoms with Crippen molar-refractivity contribution in [1.29, 1.82) is 0 Å². The van der Waals surface area contributed by atoms with E-state index in [4.69, 9.17) is 14.2 Å². The fourth-order valence-electron chi connectivity index (χ4n) is 4.66. The van der Waals surface area contributed by atoms with Gasteiger partial charge < -0.3 is 19.5 Å². The van der Waals surface area contributed by atoms with Crippen molar-refractivity contribution in [3.8, 4) is 17.2 Å². The molecule has 1 atom stereocenters. The normalized spacial score (nSPS) is 19.4. The molecule has 0 spiro atoms. The Kier molecular flexibility index (Phi) is 5.25. The molecule has 29 heavy (non-hydrogen) atoms. The molecule has 4 rings (SSSR count). The van der Waals surface area contributed by atoms with E-state index in [0.717, 1.165) is 31.2 Å². The molecule has 1 aliphatic carbocycles. The Morgan fingerprint density at radius 1 is 0.966 bits per heavy atom. The second-order valence-corrected chi connectivity index (χ2v) is 7.59. The molecular formula is C21H27N3O5. The minimum absolute atomic E-state index is 0.122. The number of hydrogen-bond donors (Lipinski definition) is 2. The van der Waals surface area contributed by atoms with Crippen LogP contribution in [0.5, 0.6) is 17.2 Å². The van der Waals surface area contributed by atoms with Gasteiger partial charge in [0, 0.05) is 17.9 Å². The Labute approximate surface area is 169 Å². The number of carbonyl (C=O) groups excluding carboxylic acids is 1. The van der Waals surface area contributed by atoms with E-state index in [2.05, 4.69) is 10.4 Å². The molecule has 2 aromatic rings. The van der Waals surface area contributed by atoms with E-state index in [0.29, 0.717) is 28.6 Å². The van der Waals surface area contributed by atoms with Gasteiger partial charge in [-0.3, -0.25) is 19.4 Å². The van der Waals surface area contributed by atoms with Crippen molar-refractivity contribution in [1.82, 2.24) is 9.78 Å². The van der Waals surface area contributed by atoms with E-state index in [9.17, 15) is 9.59 Å². The molecule has 1 aromatic carbocycles. The van der Waals surface area contributed by atoms with Crippen LogP contribution in [-0.4, -0.2) is 37.0 Å². The van der Waals surface area contributed by atoms with Crippen LogP contribution < -0.4 is 25.1 Å². The maximum Gasteiger partial charge on any atom is 0.270 e. The third-order valence-electron chi connectivity index (χ3n) is 6.01. The van der Waals surface area contributed by atoms with Crippen LogP contribution in [0.3, 0.4) is 0 Å². The van der Waals surface area contributed by atoms with Crippen LogP contribution in [0.1, 0.15) is 61.6 Å². The number of amides is 1. The van der Waals surface area contributed by atoms with Gasteiger partial charge in [0.15, 0.2) is 11.5 Å². The van der Waals surface area contributed by atoms with Crippen molar-refractivity contribution in [3.63, 3.8) is 0 Å². The smallest absolute Gasteiger partial charge is 0.270 e. The highest BCUT2D eigenvalue weighted by molar-refractivity contribution is 5.94. The highest BCUT2D eigenvalue weighted by Crippen LogP contribution is 2.47. The second-order valence-electron chi connectivity index (χ2n) is 7.59. The van der Waals surface area contributed by atoms with Crippen LogP contribution in [0.2, 0.25) is 0 Å². The number of rotatable bonds is 5. The number of nitrogens with zero attached hydrogens (tertiary/aromatic N) is 1. The van der Waals surface area contributed by atoms with Crippen molar-refractivity contribution in [2.45, 2.75) is 50.5 Å². The molecule has 1 saturated carbocycles. The first kappa shape index (κ1) is 19.4. The van der Waals surface area contributed by atoms with Crippen LogP contribution in [0, 0.1) is 0 Å². The average Bonchev–Trinajstić information content (AvgIpc) is 3.08. The summed E-state index contributed by atoms with van der Waals surface area (Å²) >= 11 is 0. The molecule has 1 fully saturated rings. The predicted octanol–water partition coefficient (Wildman–Crippen LogP) is 3.18. The lowest BCUT2D eigenvalue weighted by atomic mass is 9.86. The van der Waals surface area contributed by atoms with E-state index in [1.807, 2.05) is 10.7 Å². The number of carbonyl (C=O) groups is 1. The zero-order chi connectivity index (χ0) is 20.5. The van der Waals surface area contributed by atoms with Crippen molar-refractivity contribution in [3.05, 3.63) is 33.6 Å². The molecular weight excluding hydrogens is 374 g/mol. The number of aromatic nitrogens is 2. The SMILES string of the molecule is COc1ccc([C@H]2CC(=O)Nc3c2c(=O)[nH]n3C2CCCCC2)c(OC)c1OC. The Morgan fingerprint density at radius 2 is 1.69 bits per heavy atom. The van der Waals surface area contributed by atoms with E-state index < -0.39 is 5.92 Å². The molecule has 0 bridgehead atoms. The molecule has 8 nitrogen and oxygen atoms in total. The van der Waals surface area contributed by atoms with Gasteiger partial charge in [-0.15, -0.1) is 0 Å². The quantitative estimate of drug-likeness (QED) is 0.802. The summed E-state index contributed by atoms with van der Waals surface area (Å²) in [5, 5.41) is 5.91. The number of nitrogens with one attached hydrogen (secondary N) is 2. The van der Waals surface area contributed by atoms with Gasteiger partial charge in [-0.25, -0.2) is 0 Å². The lowest BCUT2D eigenvalue weighted by Crippen LogP contribution is -2.28. The van der Waals surface area contributed by atoms with Gasteiger partial charge in [0.1, 0.15) is 5.82 Å². The lowest BCUT2D eigenvalue weighted by molar-refractivity contribution is -0.116. The third kappa shape index (κ3) is 3.26. The number of H-pyrrole nitrogens is 1. The van der Waals surface area contributed by atoms with Crippen LogP contribution in [-0.2, 0) is 4.79 Å². The van der Waals surface area contributed by atoms with Gasteiger partial charge in [0.2, 0.25) is 11.7 Å². The van der Waals surface area contributed by atoms with Crippen LogP contribution >= 0.6 is 0 Å². The minimum atomic E-state index is -0.429. The van der Waals surface area contributed by atoms with Crippen LogP contribution in [0.25, 0.3) is 0 Å².